The third-order valence-electron chi connectivity index (χ3n) is 2.19. The van der Waals surface area contributed by atoms with E-state index in [2.05, 4.69) is 0 Å². The van der Waals surface area contributed by atoms with Gasteiger partial charge in [-0.2, -0.15) is 0 Å². The van der Waals surface area contributed by atoms with Crippen molar-refractivity contribution in [3.8, 4) is 0 Å². The molecule has 0 saturated carbocycles. The van der Waals surface area contributed by atoms with Gasteiger partial charge in [0.2, 0.25) is 0 Å². The van der Waals surface area contributed by atoms with Gasteiger partial charge in [0, 0.05) is 13.5 Å². The maximum atomic E-state index is 9.37. The summed E-state index contributed by atoms with van der Waals surface area (Å²) in [6, 6.07) is 0. The fourth-order valence-corrected chi connectivity index (χ4v) is 1.37. The Morgan fingerprint density at radius 2 is 2.17 bits per heavy atom. The molecule has 1 heterocycles. The van der Waals surface area contributed by atoms with Crippen LogP contribution < -0.4 is 0 Å². The Bertz CT molecular complexity index is 139. The summed E-state index contributed by atoms with van der Waals surface area (Å²) >= 11 is 0. The molecule has 1 aliphatic rings. The maximum absolute atomic E-state index is 9.37. The zero-order chi connectivity index (χ0) is 9.14. The zero-order valence-electron chi connectivity index (χ0n) is 7.43. The van der Waals surface area contributed by atoms with Gasteiger partial charge in [-0.25, -0.2) is 0 Å². The van der Waals surface area contributed by atoms with Crippen LogP contribution in [0.25, 0.3) is 0 Å². The summed E-state index contributed by atoms with van der Waals surface area (Å²) in [5, 5.41) is 18.7. The number of rotatable bonds is 2. The molecule has 12 heavy (non-hydrogen) atoms. The van der Waals surface area contributed by atoms with Crippen LogP contribution in [0, 0.1) is 0 Å². The van der Waals surface area contributed by atoms with Gasteiger partial charge in [-0.3, -0.25) is 0 Å². The van der Waals surface area contributed by atoms with E-state index < -0.39 is 18.5 Å². The van der Waals surface area contributed by atoms with Crippen molar-refractivity contribution in [1.29, 1.82) is 0 Å². The molecule has 2 N–H and O–H groups in total. The van der Waals surface area contributed by atoms with Crippen molar-refractivity contribution >= 4 is 0 Å². The highest BCUT2D eigenvalue weighted by atomic mass is 16.7. The summed E-state index contributed by atoms with van der Waals surface area (Å²) in [6.45, 7) is 1.97. The molecule has 2 unspecified atom stereocenters. The first kappa shape index (κ1) is 9.92. The van der Waals surface area contributed by atoms with Gasteiger partial charge in [-0.1, -0.05) is 6.92 Å². The van der Waals surface area contributed by atoms with Gasteiger partial charge >= 0.3 is 0 Å². The van der Waals surface area contributed by atoms with Crippen molar-refractivity contribution in [2.75, 3.05) is 7.11 Å². The van der Waals surface area contributed by atoms with Crippen LogP contribution in [-0.2, 0) is 9.47 Å². The normalized spacial score (nSPS) is 43.0. The number of aliphatic hydroxyl groups is 2. The van der Waals surface area contributed by atoms with Crippen LogP contribution in [0.2, 0.25) is 0 Å². The Labute approximate surface area is 72.1 Å². The highest BCUT2D eigenvalue weighted by Gasteiger charge is 2.35. The molecule has 0 amide bonds. The minimum atomic E-state index is -0.919. The number of aliphatic hydroxyl groups excluding tert-OH is 2. The van der Waals surface area contributed by atoms with Gasteiger partial charge < -0.3 is 19.7 Å². The summed E-state index contributed by atoms with van der Waals surface area (Å²) < 4.78 is 10.2. The summed E-state index contributed by atoms with van der Waals surface area (Å²) in [4.78, 5) is 0. The van der Waals surface area contributed by atoms with Crippen molar-refractivity contribution in [3.63, 3.8) is 0 Å². The molecule has 4 heteroatoms. The van der Waals surface area contributed by atoms with Gasteiger partial charge in [0.05, 0.1) is 12.2 Å². The van der Waals surface area contributed by atoms with E-state index in [1.54, 1.807) is 0 Å². The third kappa shape index (κ3) is 1.95. The molecular formula is C8H16O4. The van der Waals surface area contributed by atoms with Gasteiger partial charge in [0.25, 0.3) is 0 Å². The molecule has 0 radical (unpaired) electrons. The Morgan fingerprint density at radius 1 is 1.50 bits per heavy atom. The molecule has 1 aliphatic heterocycles. The minimum absolute atomic E-state index is 0.00616. The monoisotopic (exact) mass is 176 g/mol. The molecule has 4 atom stereocenters. The van der Waals surface area contributed by atoms with Crippen LogP contribution in [-0.4, -0.2) is 41.9 Å². The SMILES string of the molecule is CCC1C[C@H](O)C(O)[C@H](OC)O1. The summed E-state index contributed by atoms with van der Waals surface area (Å²) in [5.41, 5.74) is 0. The Kier molecular flexibility index (Phi) is 3.46. The average Bonchev–Trinajstić information content (AvgIpc) is 2.09. The molecule has 0 aromatic rings. The number of hydrogen-bond donors (Lipinski definition) is 2. The van der Waals surface area contributed by atoms with Crippen LogP contribution in [0.4, 0.5) is 0 Å². The van der Waals surface area contributed by atoms with Gasteiger partial charge in [0.1, 0.15) is 6.10 Å². The van der Waals surface area contributed by atoms with Crippen molar-refractivity contribution in [1.82, 2.24) is 0 Å². The Balaban J connectivity index is 2.52. The zero-order valence-corrected chi connectivity index (χ0v) is 7.43. The van der Waals surface area contributed by atoms with Gasteiger partial charge in [0.15, 0.2) is 6.29 Å². The van der Waals surface area contributed by atoms with Crippen LogP contribution in [0.1, 0.15) is 19.8 Å². The average molecular weight is 176 g/mol. The van der Waals surface area contributed by atoms with Crippen molar-refractivity contribution in [3.05, 3.63) is 0 Å². The molecule has 0 spiro atoms. The Hall–Kier alpha value is -0.160. The van der Waals surface area contributed by atoms with Crippen LogP contribution >= 0.6 is 0 Å². The molecule has 0 aliphatic carbocycles. The summed E-state index contributed by atoms with van der Waals surface area (Å²) in [7, 11) is 1.46. The largest absolute Gasteiger partial charge is 0.390 e. The molecular weight excluding hydrogens is 160 g/mol. The summed E-state index contributed by atoms with van der Waals surface area (Å²) in [5.74, 6) is 0. The molecule has 1 rings (SSSR count). The minimum Gasteiger partial charge on any atom is -0.390 e. The topological polar surface area (TPSA) is 58.9 Å². The molecule has 4 nitrogen and oxygen atoms in total. The predicted octanol–water partition coefficient (Wildman–Crippen LogP) is -0.120. The lowest BCUT2D eigenvalue weighted by Crippen LogP contribution is -2.48. The van der Waals surface area contributed by atoms with E-state index in [4.69, 9.17) is 9.47 Å². The van der Waals surface area contributed by atoms with Gasteiger partial charge in [-0.05, 0) is 6.42 Å². The van der Waals surface area contributed by atoms with Crippen molar-refractivity contribution in [2.45, 2.75) is 44.4 Å². The maximum Gasteiger partial charge on any atom is 0.185 e. The van der Waals surface area contributed by atoms with Crippen LogP contribution in [0.3, 0.4) is 0 Å². The van der Waals surface area contributed by atoms with E-state index in [9.17, 15) is 10.2 Å². The van der Waals surface area contributed by atoms with E-state index in [-0.39, 0.29) is 6.10 Å². The fraction of sp³-hybridized carbons (Fsp3) is 1.00. The van der Waals surface area contributed by atoms with E-state index in [0.29, 0.717) is 6.42 Å². The second-order valence-electron chi connectivity index (χ2n) is 3.06. The highest BCUT2D eigenvalue weighted by molar-refractivity contribution is 4.80. The lowest BCUT2D eigenvalue weighted by molar-refractivity contribution is -0.257. The second-order valence-corrected chi connectivity index (χ2v) is 3.06. The standard InChI is InChI=1S/C8H16O4/c1-3-5-4-6(9)7(10)8(11-2)12-5/h5-10H,3-4H2,1-2H3/t5?,6-,7?,8+/m0/s1. The number of methoxy groups -OCH3 is 1. The van der Waals surface area contributed by atoms with Gasteiger partial charge in [-0.15, -0.1) is 0 Å². The van der Waals surface area contributed by atoms with Crippen LogP contribution in [0.15, 0.2) is 0 Å². The van der Waals surface area contributed by atoms with E-state index in [1.807, 2.05) is 6.92 Å². The molecule has 0 aromatic carbocycles. The lowest BCUT2D eigenvalue weighted by atomic mass is 10.0. The molecule has 0 bridgehead atoms. The molecule has 72 valence electrons. The molecule has 0 aromatic heterocycles. The number of ether oxygens (including phenoxy) is 2. The lowest BCUT2D eigenvalue weighted by Gasteiger charge is -2.35. The Morgan fingerprint density at radius 3 is 2.67 bits per heavy atom. The predicted molar refractivity (Wildman–Crippen MR) is 42.6 cm³/mol. The van der Waals surface area contributed by atoms with Crippen molar-refractivity contribution < 1.29 is 19.7 Å². The van der Waals surface area contributed by atoms with E-state index in [0.717, 1.165) is 6.42 Å². The van der Waals surface area contributed by atoms with E-state index >= 15 is 0 Å². The third-order valence-corrected chi connectivity index (χ3v) is 2.19. The smallest absolute Gasteiger partial charge is 0.185 e. The quantitative estimate of drug-likeness (QED) is 0.616. The first-order valence-corrected chi connectivity index (χ1v) is 4.23. The van der Waals surface area contributed by atoms with E-state index in [1.165, 1.54) is 7.11 Å². The number of hydrogen-bond acceptors (Lipinski definition) is 4. The highest BCUT2D eigenvalue weighted by Crippen LogP contribution is 2.22. The molecule has 1 saturated heterocycles. The summed E-state index contributed by atoms with van der Waals surface area (Å²) in [6.07, 6.45) is -1.03. The molecule has 1 fully saturated rings. The first-order valence-electron chi connectivity index (χ1n) is 4.23. The van der Waals surface area contributed by atoms with Crippen LogP contribution in [0.5, 0.6) is 0 Å². The fourth-order valence-electron chi connectivity index (χ4n) is 1.37. The second kappa shape index (κ2) is 4.18. The first-order chi connectivity index (χ1) is 5.69. The van der Waals surface area contributed by atoms with Crippen molar-refractivity contribution in [2.24, 2.45) is 0 Å².